The fourth-order valence-electron chi connectivity index (χ4n) is 2.00. The van der Waals surface area contributed by atoms with Gasteiger partial charge in [-0.05, 0) is 25.6 Å². The molecule has 0 saturated carbocycles. The van der Waals surface area contributed by atoms with Crippen LogP contribution in [-0.2, 0) is 11.2 Å². The highest BCUT2D eigenvalue weighted by Crippen LogP contribution is 2.22. The van der Waals surface area contributed by atoms with Crippen LogP contribution in [0.5, 0.6) is 0 Å². The van der Waals surface area contributed by atoms with E-state index in [4.69, 9.17) is 0 Å². The number of hydrogen-bond acceptors (Lipinski definition) is 4. The third-order valence-corrected chi connectivity index (χ3v) is 3.81. The molecule has 1 aromatic heterocycles. The number of nitrogens with one attached hydrogen (secondary N) is 1. The minimum atomic E-state index is 0.247. The second kappa shape index (κ2) is 6.07. The fraction of sp³-hybridized carbons (Fsp3) is 0.429. The molecule has 1 heterocycles. The van der Waals surface area contributed by atoms with E-state index in [1.165, 1.54) is 0 Å². The molecule has 96 valence electrons. The summed E-state index contributed by atoms with van der Waals surface area (Å²) in [5.74, 6) is 0.252. The summed E-state index contributed by atoms with van der Waals surface area (Å²) >= 11 is 1.61. The van der Waals surface area contributed by atoms with Crippen molar-refractivity contribution < 1.29 is 4.79 Å². The highest BCUT2D eigenvalue weighted by Gasteiger charge is 2.11. The highest BCUT2D eigenvalue weighted by atomic mass is 32.1. The molecular formula is C14H18N2OS. The number of fused-ring (bicyclic) bond motifs is 1. The van der Waals surface area contributed by atoms with Gasteiger partial charge in [-0.2, -0.15) is 0 Å². The Labute approximate surface area is 111 Å². The molecule has 1 N–H and O–H groups in total. The molecule has 1 atom stereocenters. The molecule has 2 aromatic rings. The van der Waals surface area contributed by atoms with Gasteiger partial charge in [0.15, 0.2) is 0 Å². The summed E-state index contributed by atoms with van der Waals surface area (Å²) in [5, 5.41) is 4.17. The molecule has 0 spiro atoms. The standard InChI is InChI=1S/C14H18N2OS/c1-3-15-10(2)8-11(17)9-14-16-12-6-4-5-7-13(12)18-14/h4-7,10,15H,3,8-9H2,1-2H3. The van der Waals surface area contributed by atoms with E-state index in [0.29, 0.717) is 12.8 Å². The zero-order valence-electron chi connectivity index (χ0n) is 10.8. The lowest BCUT2D eigenvalue weighted by Gasteiger charge is -2.09. The molecule has 0 aliphatic carbocycles. The lowest BCUT2D eigenvalue weighted by atomic mass is 10.1. The molecule has 0 aliphatic rings. The number of carbonyl (C=O) groups is 1. The summed E-state index contributed by atoms with van der Waals surface area (Å²) in [6.07, 6.45) is 1.03. The van der Waals surface area contributed by atoms with Crippen LogP contribution < -0.4 is 5.32 Å². The van der Waals surface area contributed by atoms with Crippen molar-refractivity contribution >= 4 is 27.3 Å². The van der Waals surface area contributed by atoms with Crippen molar-refractivity contribution in [3.63, 3.8) is 0 Å². The van der Waals surface area contributed by atoms with Crippen LogP contribution >= 0.6 is 11.3 Å². The Balaban J connectivity index is 1.98. The predicted octanol–water partition coefficient (Wildman–Crippen LogP) is 2.80. The number of rotatable bonds is 6. The molecule has 1 unspecified atom stereocenters. The van der Waals surface area contributed by atoms with Crippen molar-refractivity contribution in [3.8, 4) is 0 Å². The number of para-hydroxylation sites is 1. The van der Waals surface area contributed by atoms with Crippen molar-refractivity contribution in [3.05, 3.63) is 29.3 Å². The van der Waals surface area contributed by atoms with Crippen molar-refractivity contribution in [1.82, 2.24) is 10.3 Å². The summed E-state index contributed by atoms with van der Waals surface area (Å²) in [7, 11) is 0. The summed E-state index contributed by atoms with van der Waals surface area (Å²) in [5.41, 5.74) is 0.991. The molecule has 0 fully saturated rings. The molecule has 0 saturated heterocycles. The Hall–Kier alpha value is -1.26. The van der Waals surface area contributed by atoms with Crippen LogP contribution in [0.1, 0.15) is 25.3 Å². The van der Waals surface area contributed by atoms with Gasteiger partial charge in [-0.25, -0.2) is 4.98 Å². The Morgan fingerprint density at radius 2 is 2.22 bits per heavy atom. The van der Waals surface area contributed by atoms with Crippen molar-refractivity contribution in [2.24, 2.45) is 0 Å². The van der Waals surface area contributed by atoms with Gasteiger partial charge in [-0.3, -0.25) is 4.79 Å². The van der Waals surface area contributed by atoms with Gasteiger partial charge in [0.1, 0.15) is 10.8 Å². The normalized spacial score (nSPS) is 12.8. The van der Waals surface area contributed by atoms with E-state index in [1.54, 1.807) is 11.3 Å². The van der Waals surface area contributed by atoms with Crippen molar-refractivity contribution in [1.29, 1.82) is 0 Å². The number of ketones is 1. The van der Waals surface area contributed by atoms with Gasteiger partial charge in [0, 0.05) is 12.5 Å². The second-order valence-corrected chi connectivity index (χ2v) is 5.57. The molecular weight excluding hydrogens is 244 g/mol. The first-order valence-corrected chi connectivity index (χ1v) is 7.10. The molecule has 2 rings (SSSR count). The Bertz CT molecular complexity index is 502. The fourth-order valence-corrected chi connectivity index (χ4v) is 2.99. The first kappa shape index (κ1) is 13.2. The van der Waals surface area contributed by atoms with Gasteiger partial charge >= 0.3 is 0 Å². The number of thiazole rings is 1. The summed E-state index contributed by atoms with van der Waals surface area (Å²) in [6.45, 7) is 4.99. The quantitative estimate of drug-likeness (QED) is 0.870. The van der Waals surface area contributed by atoms with Crippen LogP contribution in [0.2, 0.25) is 0 Å². The van der Waals surface area contributed by atoms with Gasteiger partial charge in [0.2, 0.25) is 0 Å². The van der Waals surface area contributed by atoms with Gasteiger partial charge in [-0.1, -0.05) is 19.1 Å². The number of hydrogen-bond donors (Lipinski definition) is 1. The molecule has 0 radical (unpaired) electrons. The zero-order chi connectivity index (χ0) is 13.0. The summed E-state index contributed by atoms with van der Waals surface area (Å²) in [4.78, 5) is 16.4. The summed E-state index contributed by atoms with van der Waals surface area (Å²) in [6, 6.07) is 8.25. The highest BCUT2D eigenvalue weighted by molar-refractivity contribution is 7.18. The van der Waals surface area contributed by atoms with Crippen LogP contribution in [-0.4, -0.2) is 23.4 Å². The van der Waals surface area contributed by atoms with Crippen LogP contribution in [0.15, 0.2) is 24.3 Å². The van der Waals surface area contributed by atoms with Crippen LogP contribution in [0.25, 0.3) is 10.2 Å². The SMILES string of the molecule is CCNC(C)CC(=O)Cc1nc2ccccc2s1. The molecule has 3 nitrogen and oxygen atoms in total. The largest absolute Gasteiger partial charge is 0.314 e. The monoisotopic (exact) mass is 262 g/mol. The average Bonchev–Trinajstić information content (AvgIpc) is 2.70. The lowest BCUT2D eigenvalue weighted by molar-refractivity contribution is -0.118. The number of aromatic nitrogens is 1. The number of Topliss-reactive ketones (excluding diaryl/α,β-unsaturated/α-hetero) is 1. The van der Waals surface area contributed by atoms with E-state index < -0.39 is 0 Å². The Morgan fingerprint density at radius 3 is 2.94 bits per heavy atom. The maximum atomic E-state index is 11.9. The van der Waals surface area contributed by atoms with Crippen molar-refractivity contribution in [2.75, 3.05) is 6.54 Å². The molecule has 0 amide bonds. The summed E-state index contributed by atoms with van der Waals surface area (Å²) < 4.78 is 1.15. The molecule has 0 bridgehead atoms. The average molecular weight is 262 g/mol. The Kier molecular flexibility index (Phi) is 4.44. The van der Waals surface area contributed by atoms with Crippen LogP contribution in [0.4, 0.5) is 0 Å². The first-order valence-electron chi connectivity index (χ1n) is 6.28. The van der Waals surface area contributed by atoms with Crippen molar-refractivity contribution in [2.45, 2.75) is 32.7 Å². The number of benzene rings is 1. The topological polar surface area (TPSA) is 42.0 Å². The lowest BCUT2D eigenvalue weighted by Crippen LogP contribution is -2.28. The minimum absolute atomic E-state index is 0.247. The number of carbonyl (C=O) groups excluding carboxylic acids is 1. The molecule has 1 aromatic carbocycles. The maximum absolute atomic E-state index is 11.9. The first-order chi connectivity index (χ1) is 8.69. The van der Waals surface area contributed by atoms with Crippen LogP contribution in [0.3, 0.4) is 0 Å². The van der Waals surface area contributed by atoms with Gasteiger partial charge < -0.3 is 5.32 Å². The van der Waals surface area contributed by atoms with Crippen LogP contribution in [0, 0.1) is 0 Å². The van der Waals surface area contributed by atoms with E-state index in [0.717, 1.165) is 21.8 Å². The second-order valence-electron chi connectivity index (χ2n) is 4.45. The maximum Gasteiger partial charge on any atom is 0.141 e. The van der Waals surface area contributed by atoms with E-state index in [9.17, 15) is 4.79 Å². The molecule has 0 aliphatic heterocycles. The van der Waals surface area contributed by atoms with E-state index in [-0.39, 0.29) is 11.8 Å². The van der Waals surface area contributed by atoms with E-state index in [1.807, 2.05) is 31.2 Å². The predicted molar refractivity (Wildman–Crippen MR) is 76.1 cm³/mol. The smallest absolute Gasteiger partial charge is 0.141 e. The number of nitrogens with zero attached hydrogens (tertiary/aromatic N) is 1. The van der Waals surface area contributed by atoms with E-state index in [2.05, 4.69) is 17.2 Å². The van der Waals surface area contributed by atoms with Gasteiger partial charge in [0.05, 0.1) is 16.6 Å². The Morgan fingerprint density at radius 1 is 1.44 bits per heavy atom. The zero-order valence-corrected chi connectivity index (χ0v) is 11.6. The third kappa shape index (κ3) is 3.37. The third-order valence-electron chi connectivity index (χ3n) is 2.77. The molecule has 4 heteroatoms. The minimum Gasteiger partial charge on any atom is -0.314 e. The van der Waals surface area contributed by atoms with E-state index >= 15 is 0 Å². The molecule has 18 heavy (non-hydrogen) atoms. The van der Waals surface area contributed by atoms with Gasteiger partial charge in [-0.15, -0.1) is 11.3 Å². The van der Waals surface area contributed by atoms with Gasteiger partial charge in [0.25, 0.3) is 0 Å².